The highest BCUT2D eigenvalue weighted by molar-refractivity contribution is 6.07. The van der Waals surface area contributed by atoms with Crippen molar-refractivity contribution in [1.82, 2.24) is 19.7 Å². The van der Waals surface area contributed by atoms with E-state index in [1.54, 1.807) is 7.11 Å². The number of H-pyrrole nitrogens is 1. The summed E-state index contributed by atoms with van der Waals surface area (Å²) in [6.07, 6.45) is 3.40. The average Bonchev–Trinajstić information content (AvgIpc) is 3.35. The molecule has 184 valence electrons. The van der Waals surface area contributed by atoms with Crippen LogP contribution in [0.3, 0.4) is 0 Å². The van der Waals surface area contributed by atoms with Gasteiger partial charge in [-0.1, -0.05) is 44.2 Å². The van der Waals surface area contributed by atoms with Crippen molar-refractivity contribution in [3.05, 3.63) is 65.9 Å². The van der Waals surface area contributed by atoms with Crippen LogP contribution in [0.5, 0.6) is 5.75 Å². The monoisotopic (exact) mass is 474 g/mol. The Morgan fingerprint density at radius 1 is 1.00 bits per heavy atom. The molecule has 3 heterocycles. The van der Waals surface area contributed by atoms with Crippen molar-refractivity contribution in [3.63, 3.8) is 0 Å². The molecule has 0 unspecified atom stereocenters. The SMILES string of the molecule is COc1ccc(CN2C(=O)N(CC(C)C)C3(CCN(Cc4c[nH]c5ccccc45)CC3)C2=O)cc1. The summed E-state index contributed by atoms with van der Waals surface area (Å²) in [6, 6.07) is 15.7. The van der Waals surface area contributed by atoms with Gasteiger partial charge in [-0.25, -0.2) is 4.79 Å². The van der Waals surface area contributed by atoms with Crippen LogP contribution in [0.15, 0.2) is 54.7 Å². The molecule has 2 saturated heterocycles. The van der Waals surface area contributed by atoms with E-state index < -0.39 is 5.54 Å². The summed E-state index contributed by atoms with van der Waals surface area (Å²) in [7, 11) is 1.63. The molecule has 2 fully saturated rings. The molecule has 3 aromatic rings. The zero-order valence-corrected chi connectivity index (χ0v) is 20.8. The van der Waals surface area contributed by atoms with Gasteiger partial charge in [0.25, 0.3) is 5.91 Å². The fourth-order valence-corrected chi connectivity index (χ4v) is 5.52. The van der Waals surface area contributed by atoms with Crippen molar-refractivity contribution in [3.8, 4) is 5.75 Å². The summed E-state index contributed by atoms with van der Waals surface area (Å²) in [4.78, 5) is 36.4. The first-order valence-electron chi connectivity index (χ1n) is 12.4. The molecule has 35 heavy (non-hydrogen) atoms. The third kappa shape index (κ3) is 4.29. The van der Waals surface area contributed by atoms with Crippen LogP contribution in [-0.2, 0) is 17.9 Å². The molecule has 0 saturated carbocycles. The predicted molar refractivity (Wildman–Crippen MR) is 136 cm³/mol. The Bertz CT molecular complexity index is 1210. The van der Waals surface area contributed by atoms with Gasteiger partial charge in [0.2, 0.25) is 0 Å². The van der Waals surface area contributed by atoms with E-state index in [0.717, 1.165) is 36.5 Å². The lowest BCUT2D eigenvalue weighted by Gasteiger charge is -2.42. The number of urea groups is 1. The number of nitrogens with one attached hydrogen (secondary N) is 1. The molecule has 7 heteroatoms. The van der Waals surface area contributed by atoms with E-state index in [1.165, 1.54) is 15.8 Å². The Balaban J connectivity index is 1.33. The topological polar surface area (TPSA) is 68.9 Å². The number of likely N-dealkylation sites (tertiary alicyclic amines) is 1. The van der Waals surface area contributed by atoms with Crippen LogP contribution in [0.1, 0.15) is 37.8 Å². The third-order valence-electron chi connectivity index (χ3n) is 7.42. The van der Waals surface area contributed by atoms with E-state index in [0.29, 0.717) is 19.4 Å². The number of imide groups is 1. The molecule has 0 aliphatic carbocycles. The van der Waals surface area contributed by atoms with Crippen molar-refractivity contribution >= 4 is 22.8 Å². The molecular formula is C28H34N4O3. The van der Waals surface area contributed by atoms with Crippen molar-refractivity contribution < 1.29 is 14.3 Å². The third-order valence-corrected chi connectivity index (χ3v) is 7.42. The van der Waals surface area contributed by atoms with Gasteiger partial charge in [-0.05, 0) is 48.1 Å². The molecular weight excluding hydrogens is 440 g/mol. The van der Waals surface area contributed by atoms with Gasteiger partial charge in [0.15, 0.2) is 0 Å². The van der Waals surface area contributed by atoms with Gasteiger partial charge in [-0.3, -0.25) is 14.6 Å². The number of nitrogens with zero attached hydrogens (tertiary/aromatic N) is 3. The zero-order valence-electron chi connectivity index (χ0n) is 20.8. The largest absolute Gasteiger partial charge is 0.497 e. The lowest BCUT2D eigenvalue weighted by Crippen LogP contribution is -2.57. The van der Waals surface area contributed by atoms with E-state index >= 15 is 0 Å². The number of benzene rings is 2. The highest BCUT2D eigenvalue weighted by Crippen LogP contribution is 2.39. The smallest absolute Gasteiger partial charge is 0.327 e. The predicted octanol–water partition coefficient (Wildman–Crippen LogP) is 4.63. The normalized spacial score (nSPS) is 18.4. The van der Waals surface area contributed by atoms with Crippen LogP contribution in [0, 0.1) is 5.92 Å². The van der Waals surface area contributed by atoms with Crippen LogP contribution < -0.4 is 4.74 Å². The minimum absolute atomic E-state index is 0.0503. The van der Waals surface area contributed by atoms with Crippen molar-refractivity contribution in [1.29, 1.82) is 0 Å². The van der Waals surface area contributed by atoms with Gasteiger partial charge in [0.1, 0.15) is 11.3 Å². The van der Waals surface area contributed by atoms with Gasteiger partial charge < -0.3 is 14.6 Å². The maximum atomic E-state index is 13.8. The Hall–Kier alpha value is -3.32. The van der Waals surface area contributed by atoms with E-state index in [1.807, 2.05) is 35.2 Å². The fraction of sp³-hybridized carbons (Fsp3) is 0.429. The molecule has 3 amide bonds. The second-order valence-electron chi connectivity index (χ2n) is 10.2. The Morgan fingerprint density at radius 2 is 1.71 bits per heavy atom. The number of ether oxygens (including phenoxy) is 1. The summed E-state index contributed by atoms with van der Waals surface area (Å²) < 4.78 is 5.24. The number of carbonyl (C=O) groups excluding carboxylic acids is 2. The molecule has 2 aromatic carbocycles. The maximum absolute atomic E-state index is 13.8. The number of carbonyl (C=O) groups is 2. The molecule has 2 aliphatic heterocycles. The number of methoxy groups -OCH3 is 1. The number of fused-ring (bicyclic) bond motifs is 1. The number of hydrogen-bond donors (Lipinski definition) is 1. The zero-order chi connectivity index (χ0) is 24.6. The first kappa shape index (κ1) is 23.4. The molecule has 1 spiro atoms. The minimum Gasteiger partial charge on any atom is -0.497 e. The molecule has 2 aliphatic rings. The molecule has 0 bridgehead atoms. The average molecular weight is 475 g/mol. The number of piperidine rings is 1. The van der Waals surface area contributed by atoms with E-state index in [4.69, 9.17) is 4.74 Å². The number of aromatic nitrogens is 1. The minimum atomic E-state index is -0.745. The number of hydrogen-bond acceptors (Lipinski definition) is 4. The molecule has 0 radical (unpaired) electrons. The highest BCUT2D eigenvalue weighted by Gasteiger charge is 2.57. The van der Waals surface area contributed by atoms with E-state index in [2.05, 4.69) is 48.1 Å². The lowest BCUT2D eigenvalue weighted by molar-refractivity contribution is -0.136. The molecule has 7 nitrogen and oxygen atoms in total. The quantitative estimate of drug-likeness (QED) is 0.507. The maximum Gasteiger partial charge on any atom is 0.327 e. The van der Waals surface area contributed by atoms with Crippen molar-refractivity contribution in [2.75, 3.05) is 26.7 Å². The number of para-hydroxylation sites is 1. The van der Waals surface area contributed by atoms with E-state index in [9.17, 15) is 9.59 Å². The molecule has 5 rings (SSSR count). The van der Waals surface area contributed by atoms with Gasteiger partial charge in [0, 0.05) is 43.3 Å². The van der Waals surface area contributed by atoms with Crippen LogP contribution in [0.4, 0.5) is 4.79 Å². The standard InChI is InChI=1S/C28H34N4O3/c1-20(2)17-32-27(34)31(18-21-8-10-23(35-3)11-9-21)26(33)28(32)12-14-30(15-13-28)19-22-16-29-25-7-5-4-6-24(22)25/h4-11,16,20,29H,12-15,17-19H2,1-3H3. The summed E-state index contributed by atoms with van der Waals surface area (Å²) in [5, 5.41) is 1.24. The summed E-state index contributed by atoms with van der Waals surface area (Å²) in [5.74, 6) is 0.993. The van der Waals surface area contributed by atoms with Gasteiger partial charge in [-0.15, -0.1) is 0 Å². The lowest BCUT2D eigenvalue weighted by atomic mass is 9.85. The molecule has 1 aromatic heterocycles. The Labute approximate surface area is 206 Å². The highest BCUT2D eigenvalue weighted by atomic mass is 16.5. The van der Waals surface area contributed by atoms with E-state index in [-0.39, 0.29) is 24.4 Å². The van der Waals surface area contributed by atoms with Gasteiger partial charge in [-0.2, -0.15) is 0 Å². The van der Waals surface area contributed by atoms with Gasteiger partial charge >= 0.3 is 6.03 Å². The first-order chi connectivity index (χ1) is 16.9. The van der Waals surface area contributed by atoms with Crippen LogP contribution in [-0.4, -0.2) is 63.9 Å². The van der Waals surface area contributed by atoms with Crippen LogP contribution in [0.25, 0.3) is 10.9 Å². The number of aromatic amines is 1. The van der Waals surface area contributed by atoms with Gasteiger partial charge in [0.05, 0.1) is 13.7 Å². The number of amides is 3. The first-order valence-corrected chi connectivity index (χ1v) is 12.4. The van der Waals surface area contributed by atoms with Crippen molar-refractivity contribution in [2.24, 2.45) is 5.92 Å². The summed E-state index contributed by atoms with van der Waals surface area (Å²) in [5.41, 5.74) is 2.59. The van der Waals surface area contributed by atoms with Crippen molar-refractivity contribution in [2.45, 2.75) is 45.3 Å². The second kappa shape index (κ2) is 9.38. The summed E-state index contributed by atoms with van der Waals surface area (Å²) >= 11 is 0. The Kier molecular flexibility index (Phi) is 6.28. The number of rotatable bonds is 7. The summed E-state index contributed by atoms with van der Waals surface area (Å²) in [6.45, 7) is 7.48. The Morgan fingerprint density at radius 3 is 2.40 bits per heavy atom. The molecule has 1 N–H and O–H groups in total. The fourth-order valence-electron chi connectivity index (χ4n) is 5.52. The van der Waals surface area contributed by atoms with Crippen LogP contribution >= 0.6 is 0 Å². The molecule has 0 atom stereocenters. The van der Waals surface area contributed by atoms with Crippen LogP contribution in [0.2, 0.25) is 0 Å². The second-order valence-corrected chi connectivity index (χ2v) is 10.2.